The van der Waals surface area contributed by atoms with Crippen molar-refractivity contribution in [3.8, 4) is 0 Å². The molecule has 0 atom stereocenters. The highest BCUT2D eigenvalue weighted by atomic mass is 32.2. The number of aromatic nitrogens is 1. The Morgan fingerprint density at radius 2 is 2.15 bits per heavy atom. The Morgan fingerprint density at radius 3 is 2.75 bits per heavy atom. The lowest BCUT2D eigenvalue weighted by Crippen LogP contribution is -2.13. The van der Waals surface area contributed by atoms with E-state index in [-0.39, 0.29) is 5.82 Å². The molecule has 3 nitrogen and oxygen atoms in total. The SMILES string of the molecule is CCCNCc1ccc(Sc2nc(C)c(C)o2)c(F)c1. The molecule has 0 bridgehead atoms. The first kappa shape index (κ1) is 15.1. The van der Waals surface area contributed by atoms with Gasteiger partial charge in [-0.3, -0.25) is 0 Å². The molecule has 0 spiro atoms. The van der Waals surface area contributed by atoms with Crippen LogP contribution in [0.4, 0.5) is 4.39 Å². The van der Waals surface area contributed by atoms with Gasteiger partial charge in [-0.25, -0.2) is 9.37 Å². The summed E-state index contributed by atoms with van der Waals surface area (Å²) in [5.41, 5.74) is 1.79. The molecule has 1 N–H and O–H groups in total. The average molecular weight is 294 g/mol. The van der Waals surface area contributed by atoms with E-state index >= 15 is 0 Å². The van der Waals surface area contributed by atoms with Crippen molar-refractivity contribution < 1.29 is 8.81 Å². The zero-order valence-electron chi connectivity index (χ0n) is 12.0. The van der Waals surface area contributed by atoms with Gasteiger partial charge in [-0.15, -0.1) is 0 Å². The molecule has 0 aliphatic rings. The van der Waals surface area contributed by atoms with E-state index in [9.17, 15) is 4.39 Å². The summed E-state index contributed by atoms with van der Waals surface area (Å²) in [4.78, 5) is 4.78. The molecule has 0 fully saturated rings. The zero-order valence-corrected chi connectivity index (χ0v) is 12.8. The van der Waals surface area contributed by atoms with Gasteiger partial charge in [0.1, 0.15) is 11.6 Å². The second-order valence-corrected chi connectivity index (χ2v) is 5.66. The summed E-state index contributed by atoms with van der Waals surface area (Å²) in [6.45, 7) is 7.46. The fraction of sp³-hybridized carbons (Fsp3) is 0.400. The molecule has 0 unspecified atom stereocenters. The van der Waals surface area contributed by atoms with Crippen molar-refractivity contribution in [2.24, 2.45) is 0 Å². The Kier molecular flexibility index (Phi) is 5.20. The molecule has 0 saturated heterocycles. The summed E-state index contributed by atoms with van der Waals surface area (Å²) in [5, 5.41) is 3.74. The molecule has 0 amide bonds. The third kappa shape index (κ3) is 3.84. The van der Waals surface area contributed by atoms with E-state index < -0.39 is 0 Å². The number of aryl methyl sites for hydroxylation is 2. The highest BCUT2D eigenvalue weighted by Gasteiger charge is 2.11. The quantitative estimate of drug-likeness (QED) is 0.815. The van der Waals surface area contributed by atoms with E-state index in [1.54, 1.807) is 12.1 Å². The average Bonchev–Trinajstić information content (AvgIpc) is 2.72. The first-order valence-corrected chi connectivity index (χ1v) is 7.52. The second-order valence-electron chi connectivity index (χ2n) is 4.66. The number of benzene rings is 1. The lowest BCUT2D eigenvalue weighted by atomic mass is 10.2. The predicted molar refractivity (Wildman–Crippen MR) is 78.5 cm³/mol. The summed E-state index contributed by atoms with van der Waals surface area (Å²) in [7, 11) is 0. The molecule has 0 radical (unpaired) electrons. The van der Waals surface area contributed by atoms with Gasteiger partial charge in [0.15, 0.2) is 0 Å². The molecule has 2 rings (SSSR count). The largest absolute Gasteiger partial charge is 0.436 e. The molecule has 0 aliphatic carbocycles. The Bertz CT molecular complexity index is 564. The smallest absolute Gasteiger partial charge is 0.261 e. The summed E-state index contributed by atoms with van der Waals surface area (Å²) >= 11 is 1.21. The number of halogens is 1. The maximum atomic E-state index is 14.0. The Labute approximate surface area is 123 Å². The van der Waals surface area contributed by atoms with E-state index in [2.05, 4.69) is 17.2 Å². The van der Waals surface area contributed by atoms with Crippen LogP contribution in [-0.4, -0.2) is 11.5 Å². The Morgan fingerprint density at radius 1 is 1.35 bits per heavy atom. The van der Waals surface area contributed by atoms with E-state index in [1.807, 2.05) is 19.9 Å². The van der Waals surface area contributed by atoms with Crippen LogP contribution in [0.3, 0.4) is 0 Å². The predicted octanol–water partition coefficient (Wildman–Crippen LogP) is 4.08. The van der Waals surface area contributed by atoms with Crippen LogP contribution in [0.5, 0.6) is 0 Å². The van der Waals surface area contributed by atoms with Crippen molar-refractivity contribution in [1.82, 2.24) is 10.3 Å². The maximum absolute atomic E-state index is 14.0. The lowest BCUT2D eigenvalue weighted by Gasteiger charge is -2.05. The van der Waals surface area contributed by atoms with Crippen LogP contribution in [0.1, 0.15) is 30.4 Å². The van der Waals surface area contributed by atoms with Gasteiger partial charge in [0, 0.05) is 6.54 Å². The van der Waals surface area contributed by atoms with Gasteiger partial charge in [-0.1, -0.05) is 13.0 Å². The van der Waals surface area contributed by atoms with Gasteiger partial charge in [-0.05, 0) is 56.3 Å². The number of rotatable bonds is 6. The maximum Gasteiger partial charge on any atom is 0.261 e. The number of nitrogens with zero attached hydrogens (tertiary/aromatic N) is 1. The third-order valence-electron chi connectivity index (χ3n) is 2.96. The van der Waals surface area contributed by atoms with Crippen molar-refractivity contribution in [2.45, 2.75) is 43.9 Å². The molecule has 1 aromatic carbocycles. The summed E-state index contributed by atoms with van der Waals surface area (Å²) in [5.74, 6) is 0.535. The molecule has 5 heteroatoms. The highest BCUT2D eigenvalue weighted by molar-refractivity contribution is 7.99. The minimum atomic E-state index is -0.237. The first-order valence-electron chi connectivity index (χ1n) is 6.71. The van der Waals surface area contributed by atoms with Crippen molar-refractivity contribution in [2.75, 3.05) is 6.54 Å². The van der Waals surface area contributed by atoms with Crippen LogP contribution in [0.25, 0.3) is 0 Å². The van der Waals surface area contributed by atoms with Crippen LogP contribution in [-0.2, 0) is 6.54 Å². The van der Waals surface area contributed by atoms with Gasteiger partial charge in [-0.2, -0.15) is 0 Å². The van der Waals surface area contributed by atoms with Gasteiger partial charge >= 0.3 is 0 Å². The van der Waals surface area contributed by atoms with Crippen LogP contribution >= 0.6 is 11.8 Å². The fourth-order valence-corrected chi connectivity index (χ4v) is 2.56. The summed E-state index contributed by atoms with van der Waals surface area (Å²) < 4.78 is 19.5. The molecule has 2 aromatic rings. The molecule has 1 heterocycles. The number of hydrogen-bond donors (Lipinski definition) is 1. The standard InChI is InChI=1S/C15H19FN2OS/c1-4-7-17-9-12-5-6-14(13(16)8-12)20-15-18-10(2)11(3)19-15/h5-6,8,17H,4,7,9H2,1-3H3. The van der Waals surface area contributed by atoms with Crippen LogP contribution in [0.15, 0.2) is 32.7 Å². The van der Waals surface area contributed by atoms with E-state index in [4.69, 9.17) is 4.42 Å². The second kappa shape index (κ2) is 6.90. The first-order chi connectivity index (χ1) is 9.60. The third-order valence-corrected chi connectivity index (χ3v) is 3.86. The monoisotopic (exact) mass is 294 g/mol. The minimum Gasteiger partial charge on any atom is -0.436 e. The molecule has 0 saturated carbocycles. The molecular weight excluding hydrogens is 275 g/mol. The Balaban J connectivity index is 2.05. The van der Waals surface area contributed by atoms with Crippen molar-refractivity contribution in [1.29, 1.82) is 0 Å². The zero-order chi connectivity index (χ0) is 14.5. The van der Waals surface area contributed by atoms with Crippen molar-refractivity contribution >= 4 is 11.8 Å². The van der Waals surface area contributed by atoms with Gasteiger partial charge in [0.2, 0.25) is 0 Å². The van der Waals surface area contributed by atoms with Crippen LogP contribution in [0.2, 0.25) is 0 Å². The number of hydrogen-bond acceptors (Lipinski definition) is 4. The van der Waals surface area contributed by atoms with Gasteiger partial charge in [0.05, 0.1) is 10.6 Å². The summed E-state index contributed by atoms with van der Waals surface area (Å²) in [6, 6.07) is 5.27. The summed E-state index contributed by atoms with van der Waals surface area (Å²) in [6.07, 6.45) is 1.07. The molecule has 0 aliphatic heterocycles. The highest BCUT2D eigenvalue weighted by Crippen LogP contribution is 2.30. The normalized spacial score (nSPS) is 11.0. The van der Waals surface area contributed by atoms with Crippen molar-refractivity contribution in [3.05, 3.63) is 41.0 Å². The van der Waals surface area contributed by atoms with Crippen LogP contribution in [0, 0.1) is 19.7 Å². The Hall–Kier alpha value is -1.33. The lowest BCUT2D eigenvalue weighted by molar-refractivity contribution is 0.430. The number of nitrogens with one attached hydrogen (secondary N) is 1. The van der Waals surface area contributed by atoms with E-state index in [0.717, 1.165) is 30.0 Å². The van der Waals surface area contributed by atoms with Crippen molar-refractivity contribution in [3.63, 3.8) is 0 Å². The molecule has 20 heavy (non-hydrogen) atoms. The van der Waals surface area contributed by atoms with Crippen LogP contribution < -0.4 is 5.32 Å². The van der Waals surface area contributed by atoms with E-state index in [1.165, 1.54) is 11.8 Å². The molecular formula is C15H19FN2OS. The minimum absolute atomic E-state index is 0.237. The number of oxazole rings is 1. The van der Waals surface area contributed by atoms with E-state index in [0.29, 0.717) is 16.7 Å². The van der Waals surface area contributed by atoms with Gasteiger partial charge < -0.3 is 9.73 Å². The topological polar surface area (TPSA) is 38.1 Å². The molecule has 108 valence electrons. The fourth-order valence-electron chi connectivity index (χ4n) is 1.73. The van der Waals surface area contributed by atoms with Gasteiger partial charge in [0.25, 0.3) is 5.22 Å². The molecule has 1 aromatic heterocycles.